The first-order valence-electron chi connectivity index (χ1n) is 9.91. The quantitative estimate of drug-likeness (QED) is 0.276. The molecule has 3 aromatic carbocycles. The van der Waals surface area contributed by atoms with Gasteiger partial charge in [-0.25, -0.2) is 0 Å². The third-order valence-electron chi connectivity index (χ3n) is 4.88. The Labute approximate surface area is 190 Å². The number of nitrogens with one attached hydrogen (secondary N) is 1. The molecule has 2 N–H and O–H groups in total. The van der Waals surface area contributed by atoms with E-state index < -0.39 is 11.5 Å². The van der Waals surface area contributed by atoms with E-state index in [-0.39, 0.29) is 22.7 Å². The summed E-state index contributed by atoms with van der Waals surface area (Å²) in [4.78, 5) is 11.1. The van der Waals surface area contributed by atoms with Crippen molar-refractivity contribution < 1.29 is 14.8 Å². The van der Waals surface area contributed by atoms with Gasteiger partial charge in [0, 0.05) is 29.5 Å². The average Bonchev–Trinajstić information content (AvgIpc) is 2.80. The van der Waals surface area contributed by atoms with Crippen LogP contribution in [0.3, 0.4) is 0 Å². The van der Waals surface area contributed by atoms with Crippen LogP contribution in [0.25, 0.3) is 6.08 Å². The van der Waals surface area contributed by atoms with E-state index >= 15 is 0 Å². The summed E-state index contributed by atoms with van der Waals surface area (Å²) in [6, 6.07) is 16.9. The molecule has 0 radical (unpaired) electrons. The topological polar surface area (TPSA) is 132 Å². The summed E-state index contributed by atoms with van der Waals surface area (Å²) in [7, 11) is 0. The van der Waals surface area contributed by atoms with Crippen LogP contribution in [0.15, 0.2) is 54.6 Å². The summed E-state index contributed by atoms with van der Waals surface area (Å²) in [5.74, 6) is 0.822. The summed E-state index contributed by atoms with van der Waals surface area (Å²) >= 11 is 0. The van der Waals surface area contributed by atoms with Crippen LogP contribution in [0, 0.1) is 46.6 Å². The van der Waals surface area contributed by atoms with E-state index in [4.69, 9.17) is 15.3 Å². The molecule has 3 aromatic rings. The van der Waals surface area contributed by atoms with Crippen molar-refractivity contribution in [1.29, 1.82) is 10.5 Å². The first kappa shape index (κ1) is 23.0. The molecular weight excluding hydrogens is 420 g/mol. The van der Waals surface area contributed by atoms with E-state index in [2.05, 4.69) is 5.32 Å². The zero-order valence-corrected chi connectivity index (χ0v) is 18.0. The van der Waals surface area contributed by atoms with Crippen molar-refractivity contribution >= 4 is 23.1 Å². The van der Waals surface area contributed by atoms with E-state index in [9.17, 15) is 15.2 Å². The lowest BCUT2D eigenvalue weighted by molar-refractivity contribution is -0.384. The third-order valence-corrected chi connectivity index (χ3v) is 4.88. The molecule has 0 aliphatic rings. The molecule has 0 atom stereocenters. The van der Waals surface area contributed by atoms with E-state index in [1.54, 1.807) is 30.3 Å². The minimum absolute atomic E-state index is 0.181. The molecule has 0 aliphatic heterocycles. The monoisotopic (exact) mass is 440 g/mol. The van der Waals surface area contributed by atoms with Crippen LogP contribution in [0.2, 0.25) is 0 Å². The number of aliphatic hydroxyl groups is 1. The van der Waals surface area contributed by atoms with E-state index in [0.29, 0.717) is 17.0 Å². The molecule has 0 aromatic heterocycles. The molecular formula is C25H20N4O4. The zero-order valence-electron chi connectivity index (χ0n) is 18.0. The van der Waals surface area contributed by atoms with E-state index in [1.807, 2.05) is 38.1 Å². The average molecular weight is 440 g/mol. The van der Waals surface area contributed by atoms with Crippen LogP contribution < -0.4 is 10.1 Å². The fourth-order valence-electron chi connectivity index (χ4n) is 3.35. The van der Waals surface area contributed by atoms with Crippen molar-refractivity contribution in [3.63, 3.8) is 0 Å². The van der Waals surface area contributed by atoms with Crippen molar-refractivity contribution in [3.8, 4) is 23.6 Å². The van der Waals surface area contributed by atoms with Crippen LogP contribution in [-0.4, -0.2) is 10.0 Å². The number of hydrogen-bond acceptors (Lipinski definition) is 7. The number of nitro groups is 1. The number of allylic oxidation sites excluding steroid dienone is 1. The minimum Gasteiger partial charge on any atom is -0.456 e. The SMILES string of the molecule is Cc1cc(/C=C/C#N)cc(C)c1Oc1cc(Nc2ccc(C#N)cc2)c([N+](=O)[O-])cc1CO. The van der Waals surface area contributed by atoms with Crippen molar-refractivity contribution in [2.45, 2.75) is 20.5 Å². The second-order valence-electron chi connectivity index (χ2n) is 7.25. The molecule has 0 bridgehead atoms. The molecule has 0 heterocycles. The van der Waals surface area contributed by atoms with Gasteiger partial charge in [-0.05, 0) is 73.0 Å². The number of ether oxygens (including phenoxy) is 1. The molecule has 8 nitrogen and oxygen atoms in total. The van der Waals surface area contributed by atoms with Crippen molar-refractivity contribution in [1.82, 2.24) is 0 Å². The van der Waals surface area contributed by atoms with Gasteiger partial charge in [-0.3, -0.25) is 10.1 Å². The van der Waals surface area contributed by atoms with Gasteiger partial charge in [0.1, 0.15) is 17.2 Å². The largest absolute Gasteiger partial charge is 0.456 e. The van der Waals surface area contributed by atoms with Crippen molar-refractivity contribution in [2.75, 3.05) is 5.32 Å². The molecule has 0 fully saturated rings. The lowest BCUT2D eigenvalue weighted by Crippen LogP contribution is -2.02. The number of hydrogen-bond donors (Lipinski definition) is 2. The molecule has 0 saturated heterocycles. The van der Waals surface area contributed by atoms with Gasteiger partial charge in [-0.2, -0.15) is 10.5 Å². The maximum atomic E-state index is 11.7. The summed E-state index contributed by atoms with van der Waals surface area (Å²) < 4.78 is 6.12. The molecule has 8 heteroatoms. The van der Waals surface area contributed by atoms with Gasteiger partial charge in [-0.15, -0.1) is 0 Å². The van der Waals surface area contributed by atoms with Crippen LogP contribution in [0.5, 0.6) is 11.5 Å². The Kier molecular flexibility index (Phi) is 7.04. The van der Waals surface area contributed by atoms with Crippen LogP contribution >= 0.6 is 0 Å². The Morgan fingerprint density at radius 3 is 2.33 bits per heavy atom. The first-order valence-corrected chi connectivity index (χ1v) is 9.91. The Morgan fingerprint density at radius 2 is 1.79 bits per heavy atom. The zero-order chi connectivity index (χ0) is 24.0. The van der Waals surface area contributed by atoms with Gasteiger partial charge in [0.2, 0.25) is 0 Å². The Hall–Kier alpha value is -4.66. The first-order chi connectivity index (χ1) is 15.9. The molecule has 3 rings (SSSR count). The second kappa shape index (κ2) is 10.1. The van der Waals surface area contributed by atoms with Crippen LogP contribution in [-0.2, 0) is 6.61 Å². The second-order valence-corrected chi connectivity index (χ2v) is 7.25. The van der Waals surface area contributed by atoms with Gasteiger partial charge in [0.05, 0.1) is 29.2 Å². The van der Waals surface area contributed by atoms with Crippen molar-refractivity contribution in [3.05, 3.63) is 92.5 Å². The number of benzene rings is 3. The predicted octanol–water partition coefficient (Wildman–Crippen LogP) is 5.65. The summed E-state index contributed by atoms with van der Waals surface area (Å²) in [5, 5.41) is 42.2. The normalized spacial score (nSPS) is 10.5. The third kappa shape index (κ3) is 5.34. The molecule has 0 aliphatic carbocycles. The van der Waals surface area contributed by atoms with Gasteiger partial charge < -0.3 is 15.2 Å². The fraction of sp³-hybridized carbons (Fsp3) is 0.120. The number of rotatable bonds is 7. The fourth-order valence-corrected chi connectivity index (χ4v) is 3.35. The molecule has 164 valence electrons. The van der Waals surface area contributed by atoms with Gasteiger partial charge in [0.25, 0.3) is 5.69 Å². The van der Waals surface area contributed by atoms with Gasteiger partial charge >= 0.3 is 0 Å². The number of anilines is 2. The highest BCUT2D eigenvalue weighted by Gasteiger charge is 2.20. The number of aliphatic hydroxyl groups excluding tert-OH is 1. The molecule has 33 heavy (non-hydrogen) atoms. The minimum atomic E-state index is -0.540. The summed E-state index contributed by atoms with van der Waals surface area (Å²) in [5.41, 5.74) is 3.69. The standard InChI is InChI=1S/C25H20N4O4/c1-16-10-19(4-3-9-26)11-17(2)25(16)33-24-13-22(23(29(31)32)12-20(24)15-30)28-21-7-5-18(14-27)6-8-21/h3-8,10-13,28,30H,15H2,1-2H3/b4-3+. The highest BCUT2D eigenvalue weighted by molar-refractivity contribution is 5.73. The van der Waals surface area contributed by atoms with E-state index in [0.717, 1.165) is 16.7 Å². The molecule has 0 unspecified atom stereocenters. The molecule has 0 amide bonds. The highest BCUT2D eigenvalue weighted by Crippen LogP contribution is 2.39. The number of nitrogens with zero attached hydrogens (tertiary/aromatic N) is 3. The van der Waals surface area contributed by atoms with Gasteiger partial charge in [-0.1, -0.05) is 0 Å². The van der Waals surface area contributed by atoms with E-state index in [1.165, 1.54) is 18.2 Å². The Morgan fingerprint density at radius 1 is 1.12 bits per heavy atom. The van der Waals surface area contributed by atoms with Crippen molar-refractivity contribution in [2.24, 2.45) is 0 Å². The van der Waals surface area contributed by atoms with Crippen LogP contribution in [0.4, 0.5) is 17.1 Å². The summed E-state index contributed by atoms with van der Waals surface area (Å²) in [6.07, 6.45) is 3.07. The maximum absolute atomic E-state index is 11.7. The molecule has 0 saturated carbocycles. The number of aryl methyl sites for hydroxylation is 2. The number of nitro benzene ring substituents is 1. The van der Waals surface area contributed by atoms with Gasteiger partial charge in [0.15, 0.2) is 0 Å². The summed E-state index contributed by atoms with van der Waals surface area (Å²) in [6.45, 7) is 3.26. The van der Waals surface area contributed by atoms with Crippen LogP contribution in [0.1, 0.15) is 27.8 Å². The highest BCUT2D eigenvalue weighted by atomic mass is 16.6. The maximum Gasteiger partial charge on any atom is 0.293 e. The molecule has 0 spiro atoms. The Balaban J connectivity index is 2.04. The lowest BCUT2D eigenvalue weighted by Gasteiger charge is -2.17. The smallest absolute Gasteiger partial charge is 0.293 e. The lowest BCUT2D eigenvalue weighted by atomic mass is 10.0. The number of nitriles is 2. The Bertz CT molecular complexity index is 1290. The predicted molar refractivity (Wildman–Crippen MR) is 124 cm³/mol.